The molecule has 6 heteroatoms. The highest BCUT2D eigenvalue weighted by molar-refractivity contribution is 7.12. The fourth-order valence-electron chi connectivity index (χ4n) is 2.75. The molecule has 3 rings (SSSR count). The smallest absolute Gasteiger partial charge is 0.229 e. The Bertz CT molecular complexity index is 617. The predicted octanol–water partition coefficient (Wildman–Crippen LogP) is 4.13. The van der Waals surface area contributed by atoms with Crippen LogP contribution >= 0.6 is 11.3 Å². The monoisotopic (exact) mass is 335 g/mol. The molecule has 1 fully saturated rings. The maximum absolute atomic E-state index is 5.87. The van der Waals surface area contributed by atoms with Gasteiger partial charge in [-0.2, -0.15) is 4.98 Å². The molecule has 0 spiro atoms. The molecule has 2 aromatic heterocycles. The molecular formula is C17H25N3O2S. The van der Waals surface area contributed by atoms with E-state index in [-0.39, 0.29) is 5.92 Å². The minimum absolute atomic E-state index is 0.275. The fraction of sp³-hybridized carbons (Fsp3) is 0.647. The predicted molar refractivity (Wildman–Crippen MR) is 90.4 cm³/mol. The van der Waals surface area contributed by atoms with Crippen molar-refractivity contribution in [2.45, 2.75) is 58.2 Å². The lowest BCUT2D eigenvalue weighted by Crippen LogP contribution is -2.17. The second kappa shape index (κ2) is 7.55. The van der Waals surface area contributed by atoms with Crippen molar-refractivity contribution >= 4 is 11.3 Å². The first-order valence-corrected chi connectivity index (χ1v) is 9.14. The van der Waals surface area contributed by atoms with Gasteiger partial charge in [-0.05, 0) is 38.4 Å². The van der Waals surface area contributed by atoms with Gasteiger partial charge < -0.3 is 9.26 Å². The van der Waals surface area contributed by atoms with E-state index in [1.165, 1.54) is 22.6 Å². The van der Waals surface area contributed by atoms with Crippen LogP contribution in [0.1, 0.15) is 66.6 Å². The van der Waals surface area contributed by atoms with E-state index in [0.717, 1.165) is 25.4 Å². The van der Waals surface area contributed by atoms with Crippen molar-refractivity contribution in [1.82, 2.24) is 15.0 Å². The summed E-state index contributed by atoms with van der Waals surface area (Å²) in [6, 6.07) is 4.43. The van der Waals surface area contributed by atoms with Crippen LogP contribution < -0.4 is 0 Å². The molecule has 1 saturated heterocycles. The van der Waals surface area contributed by atoms with E-state index >= 15 is 0 Å². The summed E-state index contributed by atoms with van der Waals surface area (Å²) in [5.41, 5.74) is 0. The van der Waals surface area contributed by atoms with Crippen LogP contribution in [0, 0.1) is 0 Å². The van der Waals surface area contributed by atoms with Crippen LogP contribution in [0.4, 0.5) is 0 Å². The number of aromatic nitrogens is 2. The van der Waals surface area contributed by atoms with Gasteiger partial charge in [-0.3, -0.25) is 4.90 Å². The van der Waals surface area contributed by atoms with E-state index in [1.807, 2.05) is 11.3 Å². The fourth-order valence-corrected chi connectivity index (χ4v) is 3.92. The largest absolute Gasteiger partial charge is 0.373 e. The van der Waals surface area contributed by atoms with Crippen molar-refractivity contribution in [3.05, 3.63) is 33.6 Å². The van der Waals surface area contributed by atoms with Gasteiger partial charge in [0.1, 0.15) is 0 Å². The number of ether oxygens (including phenoxy) is 1. The standard InChI is InChI=1S/C17H25N3O2S/c1-12(2)17-18-16(19-22-17)11-20(3)10-13-7-8-15(23-13)14-6-4-5-9-21-14/h7-8,12,14H,4-6,9-11H2,1-3H3. The molecule has 1 aliphatic rings. The van der Waals surface area contributed by atoms with Crippen molar-refractivity contribution in [2.24, 2.45) is 0 Å². The molecule has 0 radical (unpaired) electrons. The molecule has 0 aromatic carbocycles. The molecule has 5 nitrogen and oxygen atoms in total. The van der Waals surface area contributed by atoms with Crippen molar-refractivity contribution in [3.8, 4) is 0 Å². The first kappa shape index (κ1) is 16.6. The van der Waals surface area contributed by atoms with Gasteiger partial charge in [0.25, 0.3) is 0 Å². The molecule has 0 aliphatic carbocycles. The molecule has 0 saturated carbocycles. The molecule has 1 unspecified atom stereocenters. The minimum atomic E-state index is 0.275. The molecule has 23 heavy (non-hydrogen) atoms. The maximum Gasteiger partial charge on any atom is 0.229 e. The van der Waals surface area contributed by atoms with Gasteiger partial charge in [0.2, 0.25) is 5.89 Å². The van der Waals surface area contributed by atoms with E-state index in [2.05, 4.69) is 48.1 Å². The quantitative estimate of drug-likeness (QED) is 0.794. The lowest BCUT2D eigenvalue weighted by Gasteiger charge is -2.21. The summed E-state index contributed by atoms with van der Waals surface area (Å²) in [7, 11) is 2.09. The first-order chi connectivity index (χ1) is 11.1. The lowest BCUT2D eigenvalue weighted by atomic mass is 10.1. The summed E-state index contributed by atoms with van der Waals surface area (Å²) in [5.74, 6) is 1.74. The van der Waals surface area contributed by atoms with Crippen LogP contribution in [0.3, 0.4) is 0 Å². The molecule has 0 bridgehead atoms. The minimum Gasteiger partial charge on any atom is -0.373 e. The molecule has 1 atom stereocenters. The number of rotatable bonds is 6. The third-order valence-corrected chi connectivity index (χ3v) is 5.16. The normalized spacial score (nSPS) is 18.9. The average molecular weight is 335 g/mol. The molecule has 0 amide bonds. The lowest BCUT2D eigenvalue weighted by molar-refractivity contribution is 0.0172. The summed E-state index contributed by atoms with van der Waals surface area (Å²) < 4.78 is 11.1. The average Bonchev–Trinajstić information content (AvgIpc) is 3.18. The van der Waals surface area contributed by atoms with Gasteiger partial charge in [-0.15, -0.1) is 11.3 Å². The third-order valence-electron chi connectivity index (χ3n) is 3.99. The Morgan fingerprint density at radius 3 is 2.87 bits per heavy atom. The zero-order valence-electron chi connectivity index (χ0n) is 14.1. The topological polar surface area (TPSA) is 51.4 Å². The second-order valence-electron chi connectivity index (χ2n) is 6.54. The Balaban J connectivity index is 1.54. The summed E-state index contributed by atoms with van der Waals surface area (Å²) in [5, 5.41) is 4.05. The zero-order valence-corrected chi connectivity index (χ0v) is 14.9. The van der Waals surface area contributed by atoms with Gasteiger partial charge in [-0.1, -0.05) is 19.0 Å². The maximum atomic E-state index is 5.87. The highest BCUT2D eigenvalue weighted by Gasteiger charge is 2.18. The first-order valence-electron chi connectivity index (χ1n) is 8.33. The molecule has 3 heterocycles. The number of nitrogens with zero attached hydrogens (tertiary/aromatic N) is 3. The summed E-state index contributed by atoms with van der Waals surface area (Å²) >= 11 is 1.86. The third kappa shape index (κ3) is 4.40. The summed E-state index contributed by atoms with van der Waals surface area (Å²) in [4.78, 5) is 9.36. The van der Waals surface area contributed by atoms with E-state index in [1.54, 1.807) is 0 Å². The number of hydrogen-bond acceptors (Lipinski definition) is 6. The molecular weight excluding hydrogens is 310 g/mol. The summed E-state index contributed by atoms with van der Waals surface area (Å²) in [6.07, 6.45) is 3.92. The number of thiophene rings is 1. The van der Waals surface area contributed by atoms with E-state index in [4.69, 9.17) is 9.26 Å². The van der Waals surface area contributed by atoms with E-state index < -0.39 is 0 Å². The van der Waals surface area contributed by atoms with Crippen LogP contribution in [0.2, 0.25) is 0 Å². The molecule has 0 N–H and O–H groups in total. The Morgan fingerprint density at radius 2 is 2.17 bits per heavy atom. The highest BCUT2D eigenvalue weighted by Crippen LogP contribution is 2.33. The molecule has 126 valence electrons. The Morgan fingerprint density at radius 1 is 1.30 bits per heavy atom. The van der Waals surface area contributed by atoms with Crippen LogP contribution in [0.25, 0.3) is 0 Å². The van der Waals surface area contributed by atoms with Crippen LogP contribution in [-0.2, 0) is 17.8 Å². The SMILES string of the molecule is CC(C)c1nc(CN(C)Cc2ccc(C3CCCCO3)s2)no1. The van der Waals surface area contributed by atoms with Crippen LogP contribution in [-0.4, -0.2) is 28.7 Å². The molecule has 2 aromatic rings. The second-order valence-corrected chi connectivity index (χ2v) is 7.74. The molecule has 1 aliphatic heterocycles. The van der Waals surface area contributed by atoms with Gasteiger partial charge in [0.15, 0.2) is 5.82 Å². The van der Waals surface area contributed by atoms with Crippen LogP contribution in [0.15, 0.2) is 16.7 Å². The zero-order chi connectivity index (χ0) is 16.2. The van der Waals surface area contributed by atoms with Gasteiger partial charge in [-0.25, -0.2) is 0 Å². The van der Waals surface area contributed by atoms with Gasteiger partial charge in [0, 0.05) is 28.8 Å². The number of hydrogen-bond donors (Lipinski definition) is 0. The Labute approximate surface area is 141 Å². The van der Waals surface area contributed by atoms with Crippen LogP contribution in [0.5, 0.6) is 0 Å². The van der Waals surface area contributed by atoms with Crippen molar-refractivity contribution < 1.29 is 9.26 Å². The van der Waals surface area contributed by atoms with Crippen molar-refractivity contribution in [2.75, 3.05) is 13.7 Å². The Kier molecular flexibility index (Phi) is 5.46. The van der Waals surface area contributed by atoms with Crippen molar-refractivity contribution in [3.63, 3.8) is 0 Å². The van der Waals surface area contributed by atoms with E-state index in [0.29, 0.717) is 18.5 Å². The van der Waals surface area contributed by atoms with Gasteiger partial charge >= 0.3 is 0 Å². The van der Waals surface area contributed by atoms with Crippen molar-refractivity contribution in [1.29, 1.82) is 0 Å². The summed E-state index contributed by atoms with van der Waals surface area (Å²) in [6.45, 7) is 6.60. The highest BCUT2D eigenvalue weighted by atomic mass is 32.1. The Hall–Kier alpha value is -1.24. The van der Waals surface area contributed by atoms with E-state index in [9.17, 15) is 0 Å². The van der Waals surface area contributed by atoms with Gasteiger partial charge in [0.05, 0.1) is 12.6 Å².